The van der Waals surface area contributed by atoms with Crippen LogP contribution in [0.3, 0.4) is 0 Å². The molecular weight excluding hydrogens is 580 g/mol. The number of carbonyl (C=O) groups is 7. The second-order valence-corrected chi connectivity index (χ2v) is 8.78. The Labute approximate surface area is 251 Å². The molecule has 1 atom stereocenters. The molecule has 2 aromatic carbocycles. The lowest BCUT2D eigenvalue weighted by Gasteiger charge is -2.15. The first-order valence-corrected chi connectivity index (χ1v) is 12.8. The van der Waals surface area contributed by atoms with Crippen molar-refractivity contribution in [3.05, 3.63) is 59.7 Å². The second kappa shape index (κ2) is 16.6. The molecule has 2 amide bonds. The topological polar surface area (TPSA) is 190 Å². The Balaban J connectivity index is 2.07. The molecule has 0 aliphatic carbocycles. The largest absolute Gasteiger partial charge is 0.467 e. The smallest absolute Gasteiger partial charge is 0.330 e. The van der Waals surface area contributed by atoms with Crippen LogP contribution in [-0.4, -0.2) is 61.4 Å². The van der Waals surface area contributed by atoms with E-state index >= 15 is 0 Å². The van der Waals surface area contributed by atoms with E-state index in [0.29, 0.717) is 11.1 Å². The third-order valence-electron chi connectivity index (χ3n) is 5.09. The third kappa shape index (κ3) is 12.0. The van der Waals surface area contributed by atoms with Crippen molar-refractivity contribution in [2.24, 2.45) is 0 Å². The average molecular weight is 611 g/mol. The van der Waals surface area contributed by atoms with Crippen LogP contribution < -0.4 is 29.6 Å². The molecule has 1 unspecified atom stereocenters. The van der Waals surface area contributed by atoms with E-state index in [4.69, 9.17) is 23.7 Å². The van der Waals surface area contributed by atoms with Crippen LogP contribution in [-0.2, 0) is 38.3 Å². The Kier molecular flexibility index (Phi) is 13.0. The maximum atomic E-state index is 12.5. The van der Waals surface area contributed by atoms with Gasteiger partial charge in [-0.3, -0.25) is 28.8 Å². The van der Waals surface area contributed by atoms with Crippen molar-refractivity contribution in [1.82, 2.24) is 10.6 Å². The van der Waals surface area contributed by atoms with Crippen molar-refractivity contribution in [3.63, 3.8) is 0 Å². The lowest BCUT2D eigenvalue weighted by atomic mass is 10.1. The molecule has 0 fully saturated rings. The number of benzene rings is 2. The van der Waals surface area contributed by atoms with Crippen LogP contribution in [0.2, 0.25) is 0 Å². The summed E-state index contributed by atoms with van der Waals surface area (Å²) in [4.78, 5) is 82.5. The normalized spacial score (nSPS) is 11.3. The van der Waals surface area contributed by atoms with Gasteiger partial charge in [-0.05, 0) is 47.5 Å². The van der Waals surface area contributed by atoms with E-state index in [1.165, 1.54) is 76.2 Å². The summed E-state index contributed by atoms with van der Waals surface area (Å²) in [6.07, 6.45) is 4.96. The summed E-state index contributed by atoms with van der Waals surface area (Å²) in [7, 11) is 1.11. The fourth-order valence-corrected chi connectivity index (χ4v) is 3.36. The average Bonchev–Trinajstić information content (AvgIpc) is 2.93. The minimum atomic E-state index is -1.25. The molecule has 0 radical (unpaired) electrons. The van der Waals surface area contributed by atoms with E-state index in [1.807, 2.05) is 0 Å². The molecule has 2 rings (SSSR count). The Bertz CT molecular complexity index is 1510. The molecule has 0 aliphatic heterocycles. The Morgan fingerprint density at radius 3 is 1.45 bits per heavy atom. The number of carbonyl (C=O) groups excluding carboxylic acids is 7. The molecule has 0 heterocycles. The molecule has 2 aromatic rings. The number of rotatable bonds is 12. The summed E-state index contributed by atoms with van der Waals surface area (Å²) in [5, 5.41) is 4.88. The van der Waals surface area contributed by atoms with Crippen LogP contribution in [0.25, 0.3) is 12.2 Å². The monoisotopic (exact) mass is 610 g/mol. The first-order valence-electron chi connectivity index (χ1n) is 12.8. The molecule has 14 nitrogen and oxygen atoms in total. The van der Waals surface area contributed by atoms with E-state index in [2.05, 4.69) is 10.6 Å². The summed E-state index contributed by atoms with van der Waals surface area (Å²) in [6.45, 7) is 4.38. The zero-order valence-corrected chi connectivity index (χ0v) is 24.5. The molecule has 0 aromatic heterocycles. The molecule has 44 heavy (non-hydrogen) atoms. The zero-order chi connectivity index (χ0) is 32.8. The highest BCUT2D eigenvalue weighted by Crippen LogP contribution is 2.30. The molecule has 0 bridgehead atoms. The fourth-order valence-electron chi connectivity index (χ4n) is 3.36. The van der Waals surface area contributed by atoms with Crippen molar-refractivity contribution in [2.75, 3.05) is 13.7 Å². The highest BCUT2D eigenvalue weighted by molar-refractivity contribution is 5.96. The minimum absolute atomic E-state index is 0.00805. The first kappa shape index (κ1) is 34.4. The van der Waals surface area contributed by atoms with Gasteiger partial charge in [0.2, 0.25) is 11.8 Å². The van der Waals surface area contributed by atoms with Gasteiger partial charge in [0, 0.05) is 46.4 Å². The number of amides is 2. The predicted octanol–water partition coefficient (Wildman–Crippen LogP) is 1.89. The quantitative estimate of drug-likeness (QED) is 0.202. The number of esters is 5. The second-order valence-electron chi connectivity index (χ2n) is 8.78. The zero-order valence-electron chi connectivity index (χ0n) is 24.5. The highest BCUT2D eigenvalue weighted by atomic mass is 16.6. The number of ether oxygens (including phenoxy) is 5. The Morgan fingerprint density at radius 1 is 0.636 bits per heavy atom. The minimum Gasteiger partial charge on any atom is -0.467 e. The third-order valence-corrected chi connectivity index (χ3v) is 5.09. The van der Waals surface area contributed by atoms with Crippen LogP contribution in [0, 0.1) is 0 Å². The molecule has 0 spiro atoms. The van der Waals surface area contributed by atoms with Gasteiger partial charge in [-0.15, -0.1) is 0 Å². The van der Waals surface area contributed by atoms with Crippen molar-refractivity contribution < 1.29 is 57.2 Å². The van der Waals surface area contributed by atoms with Crippen molar-refractivity contribution >= 4 is 53.8 Å². The van der Waals surface area contributed by atoms with Gasteiger partial charge in [0.25, 0.3) is 0 Å². The lowest BCUT2D eigenvalue weighted by molar-refractivity contribution is -0.144. The molecule has 232 valence electrons. The van der Waals surface area contributed by atoms with Gasteiger partial charge in [0.1, 0.15) is 6.04 Å². The Morgan fingerprint density at radius 2 is 1.05 bits per heavy atom. The van der Waals surface area contributed by atoms with E-state index in [0.717, 1.165) is 19.3 Å². The number of nitrogens with one attached hydrogen (secondary N) is 2. The summed E-state index contributed by atoms with van der Waals surface area (Å²) in [5.74, 6) is -4.76. The predicted molar refractivity (Wildman–Crippen MR) is 153 cm³/mol. The maximum absolute atomic E-state index is 12.5. The van der Waals surface area contributed by atoms with E-state index < -0.39 is 47.7 Å². The number of hydrogen-bond donors (Lipinski definition) is 2. The van der Waals surface area contributed by atoms with Crippen molar-refractivity contribution in [1.29, 1.82) is 0 Å². The van der Waals surface area contributed by atoms with Gasteiger partial charge in [0.05, 0.1) is 7.11 Å². The lowest BCUT2D eigenvalue weighted by Crippen LogP contribution is -2.48. The Hall–Kier alpha value is -5.79. The molecule has 0 saturated heterocycles. The van der Waals surface area contributed by atoms with Crippen LogP contribution in [0.1, 0.15) is 38.8 Å². The molecule has 14 heteroatoms. The van der Waals surface area contributed by atoms with E-state index in [9.17, 15) is 33.6 Å². The van der Waals surface area contributed by atoms with Gasteiger partial charge in [-0.2, -0.15) is 0 Å². The van der Waals surface area contributed by atoms with Gasteiger partial charge < -0.3 is 34.3 Å². The summed E-state index contributed by atoms with van der Waals surface area (Å²) >= 11 is 0. The molecular formula is C30H30N2O12. The van der Waals surface area contributed by atoms with Crippen LogP contribution >= 0.6 is 0 Å². The van der Waals surface area contributed by atoms with Crippen molar-refractivity contribution in [2.45, 2.75) is 33.7 Å². The molecule has 0 saturated carbocycles. The summed E-state index contributed by atoms with van der Waals surface area (Å²) in [6, 6.07) is 7.27. The van der Waals surface area contributed by atoms with Gasteiger partial charge in [-0.1, -0.05) is 12.1 Å². The fraction of sp³-hybridized carbons (Fsp3) is 0.233. The van der Waals surface area contributed by atoms with Crippen LogP contribution in [0.15, 0.2) is 48.6 Å². The van der Waals surface area contributed by atoms with Crippen LogP contribution in [0.4, 0.5) is 0 Å². The summed E-state index contributed by atoms with van der Waals surface area (Å²) in [5.41, 5.74) is 0.825. The highest BCUT2D eigenvalue weighted by Gasteiger charge is 2.21. The van der Waals surface area contributed by atoms with E-state index in [-0.39, 0.29) is 29.5 Å². The first-order chi connectivity index (χ1) is 20.8. The number of hydrogen-bond acceptors (Lipinski definition) is 12. The number of methoxy groups -OCH3 is 1. The van der Waals surface area contributed by atoms with Crippen LogP contribution in [0.5, 0.6) is 23.0 Å². The van der Waals surface area contributed by atoms with Gasteiger partial charge in [0.15, 0.2) is 23.0 Å². The maximum Gasteiger partial charge on any atom is 0.330 e. The van der Waals surface area contributed by atoms with Gasteiger partial charge in [-0.25, -0.2) is 4.79 Å². The summed E-state index contributed by atoms with van der Waals surface area (Å²) < 4.78 is 24.8. The molecule has 0 aliphatic rings. The molecule has 2 N–H and O–H groups in total. The standard InChI is InChI=1S/C30H30N2O12/c1-17(33)41-24-10-6-21(14-26(24)43-19(3)35)8-12-28(37)31-16-23(30(39)40-5)32-29(38)13-9-22-7-11-25(42-18(2)34)27(15-22)44-20(4)36/h6-15,23H,16H2,1-5H3,(H,31,37)(H,32,38). The van der Waals surface area contributed by atoms with Crippen molar-refractivity contribution in [3.8, 4) is 23.0 Å². The van der Waals surface area contributed by atoms with Gasteiger partial charge >= 0.3 is 29.8 Å². The SMILES string of the molecule is COC(=O)C(CNC(=O)C=Cc1ccc(OC(C)=O)c(OC(C)=O)c1)NC(=O)C=Cc1ccc(OC(C)=O)c(OC(C)=O)c1. The van der Waals surface area contributed by atoms with E-state index in [1.54, 1.807) is 0 Å².